The van der Waals surface area contributed by atoms with Gasteiger partial charge in [0.15, 0.2) is 11.5 Å². The molecule has 0 saturated heterocycles. The average molecular weight is 268 g/mol. The highest BCUT2D eigenvalue weighted by atomic mass is 35.5. The molecule has 1 atom stereocenters. The molecule has 4 heteroatoms. The molecule has 98 valence electrons. The summed E-state index contributed by atoms with van der Waals surface area (Å²) >= 11 is 6.20. The number of hydrogen-bond donors (Lipinski definition) is 1. The fourth-order valence-electron chi connectivity index (χ4n) is 2.32. The van der Waals surface area contributed by atoms with E-state index in [1.807, 2.05) is 12.1 Å². The maximum Gasteiger partial charge on any atom is 0.179 e. The zero-order valence-electron chi connectivity index (χ0n) is 10.8. The molecule has 1 aromatic carbocycles. The van der Waals surface area contributed by atoms with Crippen molar-refractivity contribution in [3.63, 3.8) is 0 Å². The molecule has 1 heterocycles. The monoisotopic (exact) mass is 267 g/mol. The molecular weight excluding hydrogens is 250 g/mol. The number of nitrogens with one attached hydrogen (secondary N) is 1. The van der Waals surface area contributed by atoms with Gasteiger partial charge >= 0.3 is 0 Å². The Bertz CT molecular complexity index is 473. The van der Waals surface area contributed by atoms with Crippen molar-refractivity contribution in [2.75, 3.05) is 13.2 Å². The van der Waals surface area contributed by atoms with Crippen LogP contribution in [0.25, 0.3) is 0 Å². The Morgan fingerprint density at radius 1 is 1.33 bits per heavy atom. The molecule has 0 radical (unpaired) electrons. The lowest BCUT2D eigenvalue weighted by Gasteiger charge is -2.20. The molecule has 1 aliphatic heterocycles. The molecule has 3 rings (SSSR count). The van der Waals surface area contributed by atoms with Crippen molar-refractivity contribution >= 4 is 11.6 Å². The van der Waals surface area contributed by atoms with Gasteiger partial charge < -0.3 is 14.8 Å². The normalized spacial score (nSPS) is 23.8. The Morgan fingerprint density at radius 2 is 2.06 bits per heavy atom. The summed E-state index contributed by atoms with van der Waals surface area (Å²) in [6.45, 7) is 6.55. The first-order chi connectivity index (χ1) is 8.56. The Labute approximate surface area is 112 Å². The predicted octanol–water partition coefficient (Wildman–Crippen LogP) is 3.00. The van der Waals surface area contributed by atoms with Crippen LogP contribution in [0.4, 0.5) is 0 Å². The van der Waals surface area contributed by atoms with E-state index in [4.69, 9.17) is 21.1 Å². The highest BCUT2D eigenvalue weighted by Gasteiger charge is 2.44. The maximum absolute atomic E-state index is 6.20. The van der Waals surface area contributed by atoms with Crippen molar-refractivity contribution in [2.24, 2.45) is 5.41 Å². The van der Waals surface area contributed by atoms with Crippen LogP contribution in [-0.4, -0.2) is 19.3 Å². The first kappa shape index (κ1) is 12.1. The second kappa shape index (κ2) is 4.32. The van der Waals surface area contributed by atoms with Crippen LogP contribution in [0, 0.1) is 5.41 Å². The number of ether oxygens (including phenoxy) is 2. The van der Waals surface area contributed by atoms with Gasteiger partial charge in [0, 0.05) is 12.6 Å². The second-order valence-corrected chi connectivity index (χ2v) is 6.14. The van der Waals surface area contributed by atoms with Crippen LogP contribution in [0.5, 0.6) is 11.5 Å². The number of benzene rings is 1. The fourth-order valence-corrected chi connectivity index (χ4v) is 2.61. The Kier molecular flexibility index (Phi) is 2.91. The van der Waals surface area contributed by atoms with Gasteiger partial charge in [0.05, 0.1) is 5.02 Å². The topological polar surface area (TPSA) is 30.5 Å². The average Bonchev–Trinajstić information content (AvgIpc) is 2.95. The van der Waals surface area contributed by atoms with E-state index in [0.717, 1.165) is 17.9 Å². The molecule has 0 bridgehead atoms. The minimum atomic E-state index is 0.442. The molecule has 1 N–H and O–H groups in total. The largest absolute Gasteiger partial charge is 0.486 e. The smallest absolute Gasteiger partial charge is 0.179 e. The van der Waals surface area contributed by atoms with Crippen molar-refractivity contribution < 1.29 is 9.47 Å². The lowest BCUT2D eigenvalue weighted by atomic mass is 10.1. The van der Waals surface area contributed by atoms with Crippen LogP contribution < -0.4 is 14.8 Å². The van der Waals surface area contributed by atoms with Crippen molar-refractivity contribution in [1.82, 2.24) is 5.32 Å². The lowest BCUT2D eigenvalue weighted by molar-refractivity contribution is 0.171. The van der Waals surface area contributed by atoms with Crippen LogP contribution in [0.1, 0.15) is 25.8 Å². The molecule has 1 aliphatic carbocycles. The van der Waals surface area contributed by atoms with E-state index in [9.17, 15) is 0 Å². The van der Waals surface area contributed by atoms with Crippen LogP contribution >= 0.6 is 11.6 Å². The van der Waals surface area contributed by atoms with E-state index in [-0.39, 0.29) is 0 Å². The molecule has 3 nitrogen and oxygen atoms in total. The van der Waals surface area contributed by atoms with E-state index in [1.165, 1.54) is 6.42 Å². The first-order valence-corrected chi connectivity index (χ1v) is 6.75. The molecule has 1 unspecified atom stereocenters. The van der Waals surface area contributed by atoms with Gasteiger partial charge in [0.2, 0.25) is 0 Å². The van der Waals surface area contributed by atoms with Crippen molar-refractivity contribution in [3.8, 4) is 11.5 Å². The summed E-state index contributed by atoms with van der Waals surface area (Å²) in [5.74, 6) is 1.44. The van der Waals surface area contributed by atoms with E-state index in [1.54, 1.807) is 0 Å². The van der Waals surface area contributed by atoms with Gasteiger partial charge in [0.25, 0.3) is 0 Å². The maximum atomic E-state index is 6.20. The molecule has 0 spiro atoms. The third kappa shape index (κ3) is 2.29. The van der Waals surface area contributed by atoms with E-state index in [2.05, 4.69) is 19.2 Å². The number of hydrogen-bond acceptors (Lipinski definition) is 3. The Morgan fingerprint density at radius 3 is 2.78 bits per heavy atom. The second-order valence-electron chi connectivity index (χ2n) is 5.73. The molecule has 0 amide bonds. The van der Waals surface area contributed by atoms with Crippen LogP contribution in [-0.2, 0) is 6.54 Å². The van der Waals surface area contributed by atoms with Crippen molar-refractivity contribution in [1.29, 1.82) is 0 Å². The third-order valence-electron chi connectivity index (χ3n) is 3.72. The minimum Gasteiger partial charge on any atom is -0.486 e. The first-order valence-electron chi connectivity index (χ1n) is 6.38. The third-order valence-corrected chi connectivity index (χ3v) is 4.00. The molecule has 1 saturated carbocycles. The van der Waals surface area contributed by atoms with Crippen LogP contribution in [0.3, 0.4) is 0 Å². The van der Waals surface area contributed by atoms with Gasteiger partial charge in [-0.05, 0) is 29.5 Å². The molecule has 1 aromatic rings. The summed E-state index contributed by atoms with van der Waals surface area (Å²) < 4.78 is 11.1. The molecule has 1 fully saturated rings. The number of fused-ring (bicyclic) bond motifs is 1. The Balaban J connectivity index is 1.71. The van der Waals surface area contributed by atoms with Gasteiger partial charge in [-0.1, -0.05) is 25.4 Å². The zero-order chi connectivity index (χ0) is 12.8. The predicted molar refractivity (Wildman–Crippen MR) is 71.5 cm³/mol. The number of halogens is 1. The van der Waals surface area contributed by atoms with Gasteiger partial charge in [-0.3, -0.25) is 0 Å². The van der Waals surface area contributed by atoms with Gasteiger partial charge in [-0.2, -0.15) is 0 Å². The van der Waals surface area contributed by atoms with E-state index in [0.29, 0.717) is 35.4 Å². The van der Waals surface area contributed by atoms with Gasteiger partial charge in [0.1, 0.15) is 13.2 Å². The summed E-state index contributed by atoms with van der Waals surface area (Å²) in [7, 11) is 0. The van der Waals surface area contributed by atoms with Gasteiger partial charge in [-0.15, -0.1) is 0 Å². The SMILES string of the molecule is CC1(C)CC1NCc1cc(Cl)c2c(c1)OCCO2. The summed E-state index contributed by atoms with van der Waals surface area (Å²) in [6, 6.07) is 4.59. The highest BCUT2D eigenvalue weighted by Crippen LogP contribution is 2.45. The minimum absolute atomic E-state index is 0.442. The van der Waals surface area contributed by atoms with Crippen molar-refractivity contribution in [2.45, 2.75) is 32.9 Å². The quantitative estimate of drug-likeness (QED) is 0.913. The number of rotatable bonds is 3. The zero-order valence-corrected chi connectivity index (χ0v) is 11.5. The highest BCUT2D eigenvalue weighted by molar-refractivity contribution is 6.32. The molecule has 0 aromatic heterocycles. The fraction of sp³-hybridized carbons (Fsp3) is 0.571. The summed E-state index contributed by atoms with van der Waals surface area (Å²) in [5.41, 5.74) is 1.59. The van der Waals surface area contributed by atoms with Gasteiger partial charge in [-0.25, -0.2) is 0 Å². The molecule has 2 aliphatic rings. The molecular formula is C14H18ClNO2. The Hall–Kier alpha value is -0.930. The summed E-state index contributed by atoms with van der Waals surface area (Å²) in [4.78, 5) is 0. The summed E-state index contributed by atoms with van der Waals surface area (Å²) in [6.07, 6.45) is 1.24. The lowest BCUT2D eigenvalue weighted by Crippen LogP contribution is -2.20. The van der Waals surface area contributed by atoms with Crippen LogP contribution in [0.15, 0.2) is 12.1 Å². The van der Waals surface area contributed by atoms with E-state index >= 15 is 0 Å². The standard InChI is InChI=1S/C14H18ClNO2/c1-14(2)7-12(14)16-8-9-5-10(15)13-11(6-9)17-3-4-18-13/h5-6,12,16H,3-4,7-8H2,1-2H3. The van der Waals surface area contributed by atoms with E-state index < -0.39 is 0 Å². The van der Waals surface area contributed by atoms with Crippen molar-refractivity contribution in [3.05, 3.63) is 22.7 Å². The summed E-state index contributed by atoms with van der Waals surface area (Å²) in [5, 5.41) is 4.18. The molecule has 18 heavy (non-hydrogen) atoms. The van der Waals surface area contributed by atoms with Crippen LogP contribution in [0.2, 0.25) is 5.02 Å².